The molecular formula is C15H21FN2O3. The Kier molecular flexibility index (Phi) is 4.80. The standard InChI is InChI=1S/C15H21FN2O3/c1-15(2,3)21-14(19)18-12-5-4-10(16)8-11(12)13-9-17-6-7-20-13/h4-5,8,13,17H,6-7,9H2,1-3H3,(H,18,19). The SMILES string of the molecule is CC(C)(C)OC(=O)Nc1ccc(F)cc1C1CNCCO1. The summed E-state index contributed by atoms with van der Waals surface area (Å²) in [5.41, 5.74) is 0.514. The van der Waals surface area contributed by atoms with E-state index in [4.69, 9.17) is 9.47 Å². The van der Waals surface area contributed by atoms with Gasteiger partial charge in [0, 0.05) is 18.7 Å². The van der Waals surface area contributed by atoms with Crippen molar-refractivity contribution in [3.63, 3.8) is 0 Å². The summed E-state index contributed by atoms with van der Waals surface area (Å²) >= 11 is 0. The topological polar surface area (TPSA) is 59.6 Å². The highest BCUT2D eigenvalue weighted by Gasteiger charge is 2.22. The minimum Gasteiger partial charge on any atom is -0.444 e. The largest absolute Gasteiger partial charge is 0.444 e. The van der Waals surface area contributed by atoms with Crippen LogP contribution in [0.15, 0.2) is 18.2 Å². The van der Waals surface area contributed by atoms with E-state index in [0.29, 0.717) is 24.4 Å². The Hall–Kier alpha value is -1.66. The Morgan fingerprint density at radius 1 is 1.48 bits per heavy atom. The zero-order chi connectivity index (χ0) is 15.5. The number of ether oxygens (including phenoxy) is 2. The first kappa shape index (κ1) is 15.7. The van der Waals surface area contributed by atoms with Crippen LogP contribution in [-0.2, 0) is 9.47 Å². The van der Waals surface area contributed by atoms with Crippen molar-refractivity contribution in [2.24, 2.45) is 0 Å². The lowest BCUT2D eigenvalue weighted by Gasteiger charge is -2.26. The summed E-state index contributed by atoms with van der Waals surface area (Å²) in [6.45, 7) is 7.24. The van der Waals surface area contributed by atoms with E-state index in [0.717, 1.165) is 6.54 Å². The molecule has 1 fully saturated rings. The molecule has 6 heteroatoms. The molecule has 0 aromatic heterocycles. The number of anilines is 1. The number of amides is 1. The van der Waals surface area contributed by atoms with Gasteiger partial charge in [0.15, 0.2) is 0 Å². The number of rotatable bonds is 2. The molecule has 1 unspecified atom stereocenters. The van der Waals surface area contributed by atoms with Gasteiger partial charge >= 0.3 is 6.09 Å². The Bertz CT molecular complexity index is 508. The number of benzene rings is 1. The summed E-state index contributed by atoms with van der Waals surface area (Å²) in [6, 6.07) is 4.20. The van der Waals surface area contributed by atoms with Gasteiger partial charge in [0.2, 0.25) is 0 Å². The highest BCUT2D eigenvalue weighted by molar-refractivity contribution is 5.86. The van der Waals surface area contributed by atoms with Crippen LogP contribution in [0.25, 0.3) is 0 Å². The van der Waals surface area contributed by atoms with Gasteiger partial charge in [0.05, 0.1) is 18.4 Å². The van der Waals surface area contributed by atoms with Crippen LogP contribution in [-0.4, -0.2) is 31.4 Å². The summed E-state index contributed by atoms with van der Waals surface area (Å²) in [6.07, 6.45) is -0.862. The van der Waals surface area contributed by atoms with Crippen LogP contribution in [0.5, 0.6) is 0 Å². The molecule has 1 saturated heterocycles. The van der Waals surface area contributed by atoms with E-state index in [2.05, 4.69) is 10.6 Å². The van der Waals surface area contributed by atoms with Gasteiger partial charge in [0.1, 0.15) is 11.4 Å². The quantitative estimate of drug-likeness (QED) is 0.881. The second-order valence-electron chi connectivity index (χ2n) is 5.92. The van der Waals surface area contributed by atoms with E-state index in [9.17, 15) is 9.18 Å². The first-order chi connectivity index (χ1) is 9.85. The summed E-state index contributed by atoms with van der Waals surface area (Å²) < 4.78 is 24.3. The van der Waals surface area contributed by atoms with Crippen molar-refractivity contribution in [1.29, 1.82) is 0 Å². The summed E-state index contributed by atoms with van der Waals surface area (Å²) in [4.78, 5) is 11.9. The van der Waals surface area contributed by atoms with Gasteiger partial charge in [-0.05, 0) is 39.0 Å². The number of morpholine rings is 1. The van der Waals surface area contributed by atoms with Crippen LogP contribution in [0.4, 0.5) is 14.9 Å². The maximum absolute atomic E-state index is 13.5. The van der Waals surface area contributed by atoms with Crippen molar-refractivity contribution in [3.05, 3.63) is 29.6 Å². The molecule has 0 saturated carbocycles. The fourth-order valence-electron chi connectivity index (χ4n) is 2.09. The minimum atomic E-state index is -0.590. The van der Waals surface area contributed by atoms with Crippen molar-refractivity contribution >= 4 is 11.8 Å². The van der Waals surface area contributed by atoms with Crippen LogP contribution >= 0.6 is 0 Å². The van der Waals surface area contributed by atoms with Gasteiger partial charge in [0.25, 0.3) is 0 Å². The molecule has 0 spiro atoms. The van der Waals surface area contributed by atoms with Crippen LogP contribution in [0.3, 0.4) is 0 Å². The summed E-state index contributed by atoms with van der Waals surface area (Å²) in [5, 5.41) is 5.84. The third kappa shape index (κ3) is 4.68. The number of carbonyl (C=O) groups is 1. The Labute approximate surface area is 123 Å². The minimum absolute atomic E-state index is 0.292. The normalized spacial score (nSPS) is 19.1. The van der Waals surface area contributed by atoms with Crippen molar-refractivity contribution in [2.75, 3.05) is 25.0 Å². The maximum atomic E-state index is 13.5. The molecule has 1 atom stereocenters. The lowest BCUT2D eigenvalue weighted by atomic mass is 10.1. The fourth-order valence-corrected chi connectivity index (χ4v) is 2.09. The molecular weight excluding hydrogens is 275 g/mol. The van der Waals surface area contributed by atoms with Crippen LogP contribution in [0.2, 0.25) is 0 Å². The van der Waals surface area contributed by atoms with Crippen molar-refractivity contribution in [3.8, 4) is 0 Å². The van der Waals surface area contributed by atoms with Gasteiger partial charge < -0.3 is 14.8 Å². The number of hydrogen-bond acceptors (Lipinski definition) is 4. The molecule has 1 aromatic carbocycles. The molecule has 2 rings (SSSR count). The Balaban J connectivity index is 2.16. The van der Waals surface area contributed by atoms with Crippen LogP contribution in [0.1, 0.15) is 32.4 Å². The van der Waals surface area contributed by atoms with Crippen LogP contribution < -0.4 is 10.6 Å². The molecule has 0 aliphatic carbocycles. The third-order valence-electron chi connectivity index (χ3n) is 2.92. The molecule has 1 heterocycles. The lowest BCUT2D eigenvalue weighted by Crippen LogP contribution is -2.34. The maximum Gasteiger partial charge on any atom is 0.412 e. The molecule has 2 N–H and O–H groups in total. The molecule has 5 nitrogen and oxygen atoms in total. The first-order valence-corrected chi connectivity index (χ1v) is 6.97. The first-order valence-electron chi connectivity index (χ1n) is 6.97. The molecule has 1 aromatic rings. The number of halogens is 1. The fraction of sp³-hybridized carbons (Fsp3) is 0.533. The highest BCUT2D eigenvalue weighted by Crippen LogP contribution is 2.28. The van der Waals surface area contributed by atoms with E-state index < -0.39 is 11.7 Å². The average Bonchev–Trinajstić information content (AvgIpc) is 2.40. The monoisotopic (exact) mass is 296 g/mol. The van der Waals surface area contributed by atoms with Crippen molar-refractivity contribution in [2.45, 2.75) is 32.5 Å². The summed E-state index contributed by atoms with van der Waals surface area (Å²) in [7, 11) is 0. The molecule has 21 heavy (non-hydrogen) atoms. The second kappa shape index (κ2) is 6.41. The van der Waals surface area contributed by atoms with E-state index in [1.165, 1.54) is 18.2 Å². The van der Waals surface area contributed by atoms with E-state index in [1.807, 2.05) is 0 Å². The number of carbonyl (C=O) groups excluding carboxylic acids is 1. The zero-order valence-corrected chi connectivity index (χ0v) is 12.5. The second-order valence-corrected chi connectivity index (χ2v) is 5.92. The number of hydrogen-bond donors (Lipinski definition) is 2. The molecule has 1 amide bonds. The smallest absolute Gasteiger partial charge is 0.412 e. The molecule has 116 valence electrons. The number of nitrogens with one attached hydrogen (secondary N) is 2. The zero-order valence-electron chi connectivity index (χ0n) is 12.5. The van der Waals surface area contributed by atoms with Crippen molar-refractivity contribution in [1.82, 2.24) is 5.32 Å². The van der Waals surface area contributed by atoms with Gasteiger partial charge in [-0.3, -0.25) is 5.32 Å². The Morgan fingerprint density at radius 2 is 2.24 bits per heavy atom. The van der Waals surface area contributed by atoms with Gasteiger partial charge in [-0.25, -0.2) is 9.18 Å². The van der Waals surface area contributed by atoms with E-state index in [-0.39, 0.29) is 11.9 Å². The van der Waals surface area contributed by atoms with Crippen molar-refractivity contribution < 1.29 is 18.7 Å². The van der Waals surface area contributed by atoms with Crippen LogP contribution in [0, 0.1) is 5.82 Å². The highest BCUT2D eigenvalue weighted by atomic mass is 19.1. The lowest BCUT2D eigenvalue weighted by molar-refractivity contribution is 0.0278. The predicted molar refractivity (Wildman–Crippen MR) is 77.8 cm³/mol. The van der Waals surface area contributed by atoms with Gasteiger partial charge in [-0.2, -0.15) is 0 Å². The molecule has 0 bridgehead atoms. The molecule has 1 aliphatic heterocycles. The third-order valence-corrected chi connectivity index (χ3v) is 2.92. The Morgan fingerprint density at radius 3 is 2.86 bits per heavy atom. The molecule has 1 aliphatic rings. The van der Waals surface area contributed by atoms with Gasteiger partial charge in [-0.1, -0.05) is 0 Å². The van der Waals surface area contributed by atoms with E-state index >= 15 is 0 Å². The predicted octanol–water partition coefficient (Wildman–Crippen LogP) is 2.83. The summed E-state index contributed by atoms with van der Waals surface area (Å²) in [5.74, 6) is -0.367. The average molecular weight is 296 g/mol. The molecule has 0 radical (unpaired) electrons. The van der Waals surface area contributed by atoms with E-state index in [1.54, 1.807) is 20.8 Å². The van der Waals surface area contributed by atoms with Gasteiger partial charge in [-0.15, -0.1) is 0 Å².